The van der Waals surface area contributed by atoms with Gasteiger partial charge >= 0.3 is 0 Å². The van der Waals surface area contributed by atoms with E-state index in [1.807, 2.05) is 60.4 Å². The average molecular weight is 402 g/mol. The van der Waals surface area contributed by atoms with E-state index in [1.54, 1.807) is 0 Å². The number of nitrogens with zero attached hydrogens (tertiary/aromatic N) is 3. The molecule has 1 amide bonds. The van der Waals surface area contributed by atoms with E-state index in [0.29, 0.717) is 17.7 Å². The molecule has 0 spiro atoms. The van der Waals surface area contributed by atoms with E-state index in [0.717, 1.165) is 42.1 Å². The second-order valence-corrected chi connectivity index (χ2v) is 8.70. The van der Waals surface area contributed by atoms with Gasteiger partial charge in [0.2, 0.25) is 11.8 Å². The van der Waals surface area contributed by atoms with Crippen LogP contribution in [0.3, 0.4) is 0 Å². The molecule has 1 aliphatic carbocycles. The zero-order valence-electron chi connectivity index (χ0n) is 17.4. The molecule has 5 rings (SSSR count). The molecular weight excluding hydrogens is 374 g/mol. The van der Waals surface area contributed by atoms with E-state index >= 15 is 0 Å². The Morgan fingerprint density at radius 2 is 1.47 bits per heavy atom. The third-order valence-electron chi connectivity index (χ3n) is 6.68. The van der Waals surface area contributed by atoms with Crippen molar-refractivity contribution in [1.29, 1.82) is 0 Å². The summed E-state index contributed by atoms with van der Waals surface area (Å²) in [5, 5.41) is 8.35. The number of fused-ring (bicyclic) bond motifs is 1. The van der Waals surface area contributed by atoms with Gasteiger partial charge in [-0.15, -0.1) is 10.2 Å². The zero-order valence-corrected chi connectivity index (χ0v) is 17.4. The molecule has 2 aliphatic rings. The molecular formula is C25H27N3O2. The molecule has 0 N–H and O–H groups in total. The highest BCUT2D eigenvalue weighted by Crippen LogP contribution is 2.36. The first-order valence-electron chi connectivity index (χ1n) is 11.0. The molecule has 154 valence electrons. The van der Waals surface area contributed by atoms with Crippen LogP contribution in [0.15, 0.2) is 52.9 Å². The lowest BCUT2D eigenvalue weighted by Crippen LogP contribution is -2.44. The Kier molecular flexibility index (Phi) is 5.11. The van der Waals surface area contributed by atoms with Crippen molar-refractivity contribution in [2.45, 2.75) is 39.0 Å². The fraction of sp³-hybridized carbons (Fsp3) is 0.400. The van der Waals surface area contributed by atoms with Gasteiger partial charge in [-0.25, -0.2) is 0 Å². The Labute approximate surface area is 177 Å². The van der Waals surface area contributed by atoms with E-state index < -0.39 is 0 Å². The molecule has 5 nitrogen and oxygen atoms in total. The van der Waals surface area contributed by atoms with Crippen molar-refractivity contribution >= 4 is 5.91 Å². The van der Waals surface area contributed by atoms with Crippen LogP contribution in [0.5, 0.6) is 0 Å². The number of carbonyl (C=O) groups excluding carboxylic acids is 1. The molecule has 1 saturated heterocycles. The fourth-order valence-electron chi connectivity index (χ4n) is 4.88. The fourth-order valence-corrected chi connectivity index (χ4v) is 4.88. The third kappa shape index (κ3) is 3.76. The van der Waals surface area contributed by atoms with Gasteiger partial charge in [0, 0.05) is 29.8 Å². The summed E-state index contributed by atoms with van der Waals surface area (Å²) in [6, 6.07) is 15.5. The largest absolute Gasteiger partial charge is 0.416 e. The van der Waals surface area contributed by atoms with Crippen LogP contribution in [-0.4, -0.2) is 34.1 Å². The Morgan fingerprint density at radius 3 is 2.13 bits per heavy atom. The van der Waals surface area contributed by atoms with Crippen LogP contribution in [-0.2, 0) is 0 Å². The maximum Gasteiger partial charge on any atom is 0.253 e. The second-order valence-electron chi connectivity index (χ2n) is 8.70. The molecule has 3 aromatic rings. The monoisotopic (exact) mass is 401 g/mol. The van der Waals surface area contributed by atoms with Gasteiger partial charge in [0.25, 0.3) is 5.91 Å². The number of rotatable bonds is 3. The Hall–Kier alpha value is -2.95. The molecule has 1 saturated carbocycles. The maximum absolute atomic E-state index is 13.0. The van der Waals surface area contributed by atoms with Crippen molar-refractivity contribution in [3.8, 4) is 22.9 Å². The lowest BCUT2D eigenvalue weighted by Gasteiger charge is -2.41. The van der Waals surface area contributed by atoms with Gasteiger partial charge in [0.05, 0.1) is 0 Å². The van der Waals surface area contributed by atoms with E-state index in [-0.39, 0.29) is 5.91 Å². The average Bonchev–Trinajstić information content (AvgIpc) is 3.29. The Balaban J connectivity index is 1.29. The highest BCUT2D eigenvalue weighted by molar-refractivity contribution is 5.94. The molecule has 1 aliphatic heterocycles. The van der Waals surface area contributed by atoms with Crippen LogP contribution >= 0.6 is 0 Å². The topological polar surface area (TPSA) is 59.2 Å². The first kappa shape index (κ1) is 19.0. The van der Waals surface area contributed by atoms with Crippen LogP contribution in [0.25, 0.3) is 22.9 Å². The Morgan fingerprint density at radius 1 is 0.867 bits per heavy atom. The summed E-state index contributed by atoms with van der Waals surface area (Å²) in [7, 11) is 0. The number of benzene rings is 2. The SMILES string of the molecule is Cc1ccc(-c2nnc(-c3ccc(C(=O)N4CC[C@@H]5CCCC[C@H]5C4)cc3)o2)cc1. The molecule has 0 unspecified atom stereocenters. The lowest BCUT2D eigenvalue weighted by molar-refractivity contribution is 0.0521. The molecule has 2 fully saturated rings. The predicted molar refractivity (Wildman–Crippen MR) is 116 cm³/mol. The number of aromatic nitrogens is 2. The number of hydrogen-bond donors (Lipinski definition) is 0. The van der Waals surface area contributed by atoms with E-state index in [9.17, 15) is 4.79 Å². The van der Waals surface area contributed by atoms with Crippen LogP contribution in [0.1, 0.15) is 48.0 Å². The van der Waals surface area contributed by atoms with E-state index in [2.05, 4.69) is 10.2 Å². The minimum atomic E-state index is 0.136. The van der Waals surface area contributed by atoms with Gasteiger partial charge in [0.1, 0.15) is 0 Å². The maximum atomic E-state index is 13.0. The normalized spacial score (nSPS) is 21.3. The lowest BCUT2D eigenvalue weighted by atomic mass is 9.75. The number of piperidine rings is 1. The number of aryl methyl sites for hydroxylation is 1. The molecule has 0 radical (unpaired) electrons. The van der Waals surface area contributed by atoms with Crippen LogP contribution in [0.4, 0.5) is 0 Å². The first-order chi connectivity index (χ1) is 14.7. The zero-order chi connectivity index (χ0) is 20.5. The quantitative estimate of drug-likeness (QED) is 0.592. The molecule has 1 aromatic heterocycles. The molecule has 2 heterocycles. The van der Waals surface area contributed by atoms with Crippen molar-refractivity contribution < 1.29 is 9.21 Å². The van der Waals surface area contributed by atoms with Gasteiger partial charge in [-0.1, -0.05) is 37.0 Å². The van der Waals surface area contributed by atoms with Gasteiger partial charge < -0.3 is 9.32 Å². The number of likely N-dealkylation sites (tertiary alicyclic amines) is 1. The van der Waals surface area contributed by atoms with Crippen molar-refractivity contribution in [3.63, 3.8) is 0 Å². The summed E-state index contributed by atoms with van der Waals surface area (Å²) in [5.41, 5.74) is 3.64. The summed E-state index contributed by atoms with van der Waals surface area (Å²) >= 11 is 0. The van der Waals surface area contributed by atoms with Crippen molar-refractivity contribution in [2.24, 2.45) is 11.8 Å². The van der Waals surface area contributed by atoms with Crippen LogP contribution in [0, 0.1) is 18.8 Å². The minimum absolute atomic E-state index is 0.136. The minimum Gasteiger partial charge on any atom is -0.416 e. The standard InChI is InChI=1S/C25H27N3O2/c1-17-6-8-19(9-7-17)23-26-27-24(30-23)20-10-12-21(13-11-20)25(29)28-15-14-18-4-2-3-5-22(18)16-28/h6-13,18,22H,2-5,14-16H2,1H3/t18-,22-/m0/s1. The van der Waals surface area contributed by atoms with Crippen molar-refractivity contribution in [2.75, 3.05) is 13.1 Å². The van der Waals surface area contributed by atoms with Crippen LogP contribution < -0.4 is 0 Å². The summed E-state index contributed by atoms with van der Waals surface area (Å²) in [5.74, 6) is 2.62. The Bertz CT molecular complexity index is 1020. The molecule has 0 bridgehead atoms. The summed E-state index contributed by atoms with van der Waals surface area (Å²) in [6.45, 7) is 3.84. The highest BCUT2D eigenvalue weighted by atomic mass is 16.4. The van der Waals surface area contributed by atoms with Gasteiger partial charge in [-0.3, -0.25) is 4.79 Å². The summed E-state index contributed by atoms with van der Waals surface area (Å²) < 4.78 is 5.85. The number of amides is 1. The second kappa shape index (κ2) is 8.05. The van der Waals surface area contributed by atoms with E-state index in [1.165, 1.54) is 31.2 Å². The smallest absolute Gasteiger partial charge is 0.253 e. The van der Waals surface area contributed by atoms with Gasteiger partial charge in [-0.05, 0) is 68.0 Å². The third-order valence-corrected chi connectivity index (χ3v) is 6.68. The van der Waals surface area contributed by atoms with E-state index in [4.69, 9.17) is 4.42 Å². The predicted octanol–water partition coefficient (Wildman–Crippen LogP) is 5.36. The number of carbonyl (C=O) groups is 1. The highest BCUT2D eigenvalue weighted by Gasteiger charge is 2.33. The number of hydrogen-bond acceptors (Lipinski definition) is 4. The first-order valence-corrected chi connectivity index (χ1v) is 11.0. The van der Waals surface area contributed by atoms with Gasteiger partial charge in [0.15, 0.2) is 0 Å². The summed E-state index contributed by atoms with van der Waals surface area (Å²) in [4.78, 5) is 15.1. The molecule has 2 aromatic carbocycles. The summed E-state index contributed by atoms with van der Waals surface area (Å²) in [6.07, 6.45) is 6.44. The molecule has 5 heteroatoms. The van der Waals surface area contributed by atoms with Crippen molar-refractivity contribution in [3.05, 3.63) is 59.7 Å². The van der Waals surface area contributed by atoms with Crippen LogP contribution in [0.2, 0.25) is 0 Å². The van der Waals surface area contributed by atoms with Crippen molar-refractivity contribution in [1.82, 2.24) is 15.1 Å². The molecule has 2 atom stereocenters. The molecule has 30 heavy (non-hydrogen) atoms. The van der Waals surface area contributed by atoms with Gasteiger partial charge in [-0.2, -0.15) is 0 Å².